The molecule has 0 atom stereocenters. The lowest BCUT2D eigenvalue weighted by Gasteiger charge is -2.13. The minimum atomic E-state index is -0.363. The second kappa shape index (κ2) is 8.16. The van der Waals surface area contributed by atoms with Crippen LogP contribution in [0.2, 0.25) is 0 Å². The van der Waals surface area contributed by atoms with Gasteiger partial charge in [0.15, 0.2) is 11.6 Å². The largest absolute Gasteiger partial charge is 0.490 e. The molecule has 0 spiro atoms. The molecule has 0 N–H and O–H groups in total. The molecule has 25 heavy (non-hydrogen) atoms. The summed E-state index contributed by atoms with van der Waals surface area (Å²) in [5.41, 5.74) is 0.969. The fraction of sp³-hybridized carbons (Fsp3) is 0.263. The van der Waals surface area contributed by atoms with Crippen molar-refractivity contribution in [2.75, 3.05) is 24.7 Å². The number of benzene rings is 2. The van der Waals surface area contributed by atoms with Crippen molar-refractivity contribution in [2.24, 2.45) is 0 Å². The summed E-state index contributed by atoms with van der Waals surface area (Å²) in [6, 6.07) is 13.2. The second-order valence-electron chi connectivity index (χ2n) is 5.55. The Morgan fingerprint density at radius 3 is 2.24 bits per heavy atom. The van der Waals surface area contributed by atoms with E-state index in [-0.39, 0.29) is 23.4 Å². The molecule has 2 aromatic carbocycles. The highest BCUT2D eigenvalue weighted by Gasteiger charge is 2.34. The van der Waals surface area contributed by atoms with E-state index in [1.165, 1.54) is 11.0 Å². The number of nitrogens with zero attached hydrogens (tertiary/aromatic N) is 1. The minimum absolute atomic E-state index is 0.214. The smallest absolute Gasteiger partial charge is 0.261 e. The quantitative estimate of drug-likeness (QED) is 0.533. The maximum absolute atomic E-state index is 13.4. The van der Waals surface area contributed by atoms with Gasteiger partial charge in [0.1, 0.15) is 0 Å². The minimum Gasteiger partial charge on any atom is -0.490 e. The van der Waals surface area contributed by atoms with Gasteiger partial charge in [-0.15, -0.1) is 0 Å². The molecule has 2 aromatic rings. The zero-order chi connectivity index (χ0) is 17.6. The number of hydrogen-bond donors (Lipinski definition) is 0. The number of halogens is 1. The van der Waals surface area contributed by atoms with Crippen molar-refractivity contribution >= 4 is 23.6 Å². The van der Waals surface area contributed by atoms with Gasteiger partial charge in [0.2, 0.25) is 0 Å². The zero-order valence-electron chi connectivity index (χ0n) is 13.6. The number of imide groups is 1. The fourth-order valence-electron chi connectivity index (χ4n) is 2.64. The number of carbonyl (C=O) groups excluding carboxylic acids is 2. The van der Waals surface area contributed by atoms with E-state index >= 15 is 0 Å². The van der Waals surface area contributed by atoms with Crippen LogP contribution >= 0.6 is 11.8 Å². The summed E-state index contributed by atoms with van der Waals surface area (Å²) >= 11 is 1.65. The van der Waals surface area contributed by atoms with Crippen LogP contribution in [0.1, 0.15) is 27.1 Å². The van der Waals surface area contributed by atoms with Crippen LogP contribution in [0.15, 0.2) is 48.5 Å². The number of para-hydroxylation sites is 1. The molecule has 0 fully saturated rings. The number of thioether (sulfide) groups is 1. The zero-order valence-corrected chi connectivity index (χ0v) is 14.4. The number of carbonyl (C=O) groups is 2. The van der Waals surface area contributed by atoms with Crippen molar-refractivity contribution in [1.82, 2.24) is 4.90 Å². The van der Waals surface area contributed by atoms with Crippen molar-refractivity contribution in [3.63, 3.8) is 0 Å². The van der Waals surface area contributed by atoms with Gasteiger partial charge in [-0.2, -0.15) is 11.8 Å². The Balaban J connectivity index is 1.35. The molecule has 2 amide bonds. The molecule has 3 rings (SSSR count). The van der Waals surface area contributed by atoms with Crippen molar-refractivity contribution in [3.05, 3.63) is 65.5 Å². The third-order valence-corrected chi connectivity index (χ3v) is 4.90. The van der Waals surface area contributed by atoms with E-state index in [1.807, 2.05) is 0 Å². The Hall–Kier alpha value is -2.34. The highest BCUT2D eigenvalue weighted by Crippen LogP contribution is 2.22. The molecule has 0 unspecified atom stereocenters. The molecule has 0 aromatic heterocycles. The summed E-state index contributed by atoms with van der Waals surface area (Å²) in [5.74, 6) is 0.985. The molecule has 0 radical (unpaired) electrons. The standard InChI is InChI=1S/C19H18FNO3S/c20-16-8-3-4-9-17(16)24-11-13-25-12-5-10-21-18(22)14-6-1-2-7-15(14)19(21)23/h1-4,6-9H,5,10-13H2. The van der Waals surface area contributed by atoms with Crippen molar-refractivity contribution in [1.29, 1.82) is 0 Å². The molecule has 6 heteroatoms. The predicted molar refractivity (Wildman–Crippen MR) is 95.6 cm³/mol. The maximum atomic E-state index is 13.4. The molecule has 130 valence electrons. The Labute approximate surface area is 150 Å². The average Bonchev–Trinajstić information content (AvgIpc) is 2.87. The monoisotopic (exact) mass is 359 g/mol. The summed E-state index contributed by atoms with van der Waals surface area (Å²) in [4.78, 5) is 25.7. The van der Waals surface area contributed by atoms with Crippen LogP contribution < -0.4 is 4.74 Å². The highest BCUT2D eigenvalue weighted by atomic mass is 32.2. The Morgan fingerprint density at radius 2 is 1.56 bits per heavy atom. The summed E-state index contributed by atoms with van der Waals surface area (Å²) in [6.07, 6.45) is 0.718. The van der Waals surface area contributed by atoms with Crippen LogP contribution in [0.25, 0.3) is 0 Å². The molecule has 1 aliphatic heterocycles. The molecular formula is C19H18FNO3S. The van der Waals surface area contributed by atoms with E-state index in [4.69, 9.17) is 4.74 Å². The van der Waals surface area contributed by atoms with Gasteiger partial charge >= 0.3 is 0 Å². The lowest BCUT2D eigenvalue weighted by molar-refractivity contribution is 0.0655. The first-order chi connectivity index (χ1) is 12.2. The van der Waals surface area contributed by atoms with E-state index in [0.717, 1.165) is 17.9 Å². The molecule has 1 aliphatic rings. The van der Waals surface area contributed by atoms with E-state index < -0.39 is 0 Å². The lowest BCUT2D eigenvalue weighted by atomic mass is 10.1. The SMILES string of the molecule is O=C1c2ccccc2C(=O)N1CCCSCCOc1ccccc1F. The first-order valence-corrected chi connectivity index (χ1v) is 9.24. The van der Waals surface area contributed by atoms with Gasteiger partial charge in [-0.05, 0) is 36.4 Å². The van der Waals surface area contributed by atoms with Crippen LogP contribution in [0.3, 0.4) is 0 Å². The third kappa shape index (κ3) is 4.02. The summed E-state index contributed by atoms with van der Waals surface area (Å²) in [6.45, 7) is 0.826. The fourth-order valence-corrected chi connectivity index (χ4v) is 3.38. The Bertz CT molecular complexity index is 746. The number of ether oxygens (including phenoxy) is 1. The van der Waals surface area contributed by atoms with Crippen LogP contribution in [-0.2, 0) is 0 Å². The van der Waals surface area contributed by atoms with Crippen molar-refractivity contribution in [2.45, 2.75) is 6.42 Å². The number of fused-ring (bicyclic) bond motifs is 1. The number of hydrogen-bond acceptors (Lipinski definition) is 4. The molecule has 0 bridgehead atoms. The first-order valence-electron chi connectivity index (χ1n) is 8.09. The number of rotatable bonds is 8. The van der Waals surface area contributed by atoms with Gasteiger partial charge in [0.25, 0.3) is 11.8 Å². The Morgan fingerprint density at radius 1 is 0.920 bits per heavy atom. The molecule has 1 heterocycles. The van der Waals surface area contributed by atoms with Crippen molar-refractivity contribution < 1.29 is 18.7 Å². The topological polar surface area (TPSA) is 46.6 Å². The lowest BCUT2D eigenvalue weighted by Crippen LogP contribution is -2.31. The van der Waals surface area contributed by atoms with E-state index in [2.05, 4.69) is 0 Å². The third-order valence-electron chi connectivity index (χ3n) is 3.87. The van der Waals surface area contributed by atoms with Crippen LogP contribution in [0.4, 0.5) is 4.39 Å². The molecule has 0 aliphatic carbocycles. The van der Waals surface area contributed by atoms with Crippen molar-refractivity contribution in [3.8, 4) is 5.75 Å². The molecule has 0 saturated carbocycles. The molecule has 4 nitrogen and oxygen atoms in total. The van der Waals surface area contributed by atoms with Gasteiger partial charge in [0.05, 0.1) is 17.7 Å². The summed E-state index contributed by atoms with van der Waals surface area (Å²) in [7, 11) is 0. The molecular weight excluding hydrogens is 341 g/mol. The van der Waals surface area contributed by atoms with Crippen LogP contribution in [-0.4, -0.2) is 41.4 Å². The molecule has 0 saturated heterocycles. The van der Waals surface area contributed by atoms with Gasteiger partial charge in [-0.3, -0.25) is 14.5 Å². The number of amides is 2. The van der Waals surface area contributed by atoms with Gasteiger partial charge < -0.3 is 4.74 Å². The van der Waals surface area contributed by atoms with Crippen LogP contribution in [0.5, 0.6) is 5.75 Å². The van der Waals surface area contributed by atoms with E-state index in [1.54, 1.807) is 54.2 Å². The average molecular weight is 359 g/mol. The first kappa shape index (κ1) is 17.5. The van der Waals surface area contributed by atoms with Gasteiger partial charge in [0, 0.05) is 12.3 Å². The maximum Gasteiger partial charge on any atom is 0.261 e. The highest BCUT2D eigenvalue weighted by molar-refractivity contribution is 7.99. The summed E-state index contributed by atoms with van der Waals surface area (Å²) < 4.78 is 18.8. The normalized spacial score (nSPS) is 13.2. The van der Waals surface area contributed by atoms with Gasteiger partial charge in [-0.25, -0.2) is 4.39 Å². The van der Waals surface area contributed by atoms with E-state index in [9.17, 15) is 14.0 Å². The summed E-state index contributed by atoms with van der Waals surface area (Å²) in [5, 5.41) is 0. The van der Waals surface area contributed by atoms with Gasteiger partial charge in [-0.1, -0.05) is 24.3 Å². The van der Waals surface area contributed by atoms with Crippen LogP contribution in [0, 0.1) is 5.82 Å². The predicted octanol–water partition coefficient (Wildman–Crippen LogP) is 3.62. The van der Waals surface area contributed by atoms with E-state index in [0.29, 0.717) is 24.3 Å². The second-order valence-corrected chi connectivity index (χ2v) is 6.78. The Kier molecular flexibility index (Phi) is 5.71.